The maximum Gasteiger partial charge on any atom is 0.216 e. The van der Waals surface area contributed by atoms with E-state index in [0.717, 1.165) is 11.3 Å². The fraction of sp³-hybridized carbons (Fsp3) is 0.333. The molecule has 0 aliphatic carbocycles. The molecular formula is C12H15N3O. The van der Waals surface area contributed by atoms with Gasteiger partial charge in [-0.05, 0) is 17.7 Å². The molecule has 0 aliphatic heterocycles. The maximum absolute atomic E-state index is 10.6. The smallest absolute Gasteiger partial charge is 0.216 e. The SMILES string of the molecule is CC(=O)NCCNc1ccc(CC#N)cc1. The second-order valence-electron chi connectivity index (χ2n) is 3.44. The van der Waals surface area contributed by atoms with Gasteiger partial charge in [0.25, 0.3) is 0 Å². The quantitative estimate of drug-likeness (QED) is 0.731. The highest BCUT2D eigenvalue weighted by atomic mass is 16.1. The molecule has 0 bridgehead atoms. The summed E-state index contributed by atoms with van der Waals surface area (Å²) in [5.74, 6) is -0.0221. The van der Waals surface area contributed by atoms with Gasteiger partial charge in [-0.1, -0.05) is 12.1 Å². The van der Waals surface area contributed by atoms with E-state index in [1.54, 1.807) is 0 Å². The van der Waals surface area contributed by atoms with Gasteiger partial charge in [-0.3, -0.25) is 4.79 Å². The van der Waals surface area contributed by atoms with Crippen LogP contribution in [0, 0.1) is 11.3 Å². The van der Waals surface area contributed by atoms with Crippen LogP contribution in [0.2, 0.25) is 0 Å². The molecule has 4 nitrogen and oxygen atoms in total. The van der Waals surface area contributed by atoms with Gasteiger partial charge in [0.2, 0.25) is 5.91 Å². The zero-order chi connectivity index (χ0) is 11.8. The number of amides is 1. The van der Waals surface area contributed by atoms with Gasteiger partial charge in [-0.25, -0.2) is 0 Å². The van der Waals surface area contributed by atoms with Crippen LogP contribution in [0.5, 0.6) is 0 Å². The zero-order valence-electron chi connectivity index (χ0n) is 9.29. The number of carbonyl (C=O) groups excluding carboxylic acids is 1. The van der Waals surface area contributed by atoms with Crippen LogP contribution in [0.25, 0.3) is 0 Å². The number of hydrogen-bond acceptors (Lipinski definition) is 3. The first-order valence-electron chi connectivity index (χ1n) is 5.16. The molecule has 0 atom stereocenters. The van der Waals surface area contributed by atoms with Crippen LogP contribution in [0.4, 0.5) is 5.69 Å². The summed E-state index contributed by atoms with van der Waals surface area (Å²) < 4.78 is 0. The summed E-state index contributed by atoms with van der Waals surface area (Å²) in [7, 11) is 0. The van der Waals surface area contributed by atoms with Crippen molar-refractivity contribution in [3.8, 4) is 6.07 Å². The van der Waals surface area contributed by atoms with Crippen LogP contribution >= 0.6 is 0 Å². The van der Waals surface area contributed by atoms with E-state index in [2.05, 4.69) is 16.7 Å². The van der Waals surface area contributed by atoms with Crippen molar-refractivity contribution in [1.29, 1.82) is 5.26 Å². The van der Waals surface area contributed by atoms with Crippen LogP contribution in [-0.4, -0.2) is 19.0 Å². The first kappa shape index (κ1) is 12.1. The molecule has 84 valence electrons. The fourth-order valence-electron chi connectivity index (χ4n) is 1.28. The lowest BCUT2D eigenvalue weighted by Gasteiger charge is -2.06. The molecule has 0 radical (unpaired) electrons. The monoisotopic (exact) mass is 217 g/mol. The van der Waals surface area contributed by atoms with E-state index >= 15 is 0 Å². The van der Waals surface area contributed by atoms with Crippen molar-refractivity contribution in [3.63, 3.8) is 0 Å². The fourth-order valence-corrected chi connectivity index (χ4v) is 1.28. The van der Waals surface area contributed by atoms with Gasteiger partial charge in [0.05, 0.1) is 12.5 Å². The maximum atomic E-state index is 10.6. The average Bonchev–Trinajstić information content (AvgIpc) is 2.27. The average molecular weight is 217 g/mol. The van der Waals surface area contributed by atoms with Gasteiger partial charge in [0, 0.05) is 25.7 Å². The summed E-state index contributed by atoms with van der Waals surface area (Å²) in [5, 5.41) is 14.4. The van der Waals surface area contributed by atoms with Crippen LogP contribution < -0.4 is 10.6 Å². The molecule has 4 heteroatoms. The van der Waals surface area contributed by atoms with Crippen LogP contribution in [0.1, 0.15) is 12.5 Å². The Labute approximate surface area is 95.3 Å². The Morgan fingerprint density at radius 2 is 2.00 bits per heavy atom. The van der Waals surface area contributed by atoms with Crippen molar-refractivity contribution in [2.24, 2.45) is 0 Å². The number of nitrogens with one attached hydrogen (secondary N) is 2. The molecule has 0 aliphatic rings. The van der Waals surface area contributed by atoms with E-state index in [4.69, 9.17) is 5.26 Å². The third-order valence-electron chi connectivity index (χ3n) is 2.07. The lowest BCUT2D eigenvalue weighted by molar-refractivity contribution is -0.118. The molecule has 0 spiro atoms. The molecule has 0 fully saturated rings. The molecule has 1 aromatic rings. The van der Waals surface area contributed by atoms with Gasteiger partial charge in [-0.2, -0.15) is 5.26 Å². The highest BCUT2D eigenvalue weighted by molar-refractivity contribution is 5.72. The van der Waals surface area contributed by atoms with Crippen LogP contribution in [-0.2, 0) is 11.2 Å². The second kappa shape index (κ2) is 6.46. The molecule has 0 unspecified atom stereocenters. The standard InChI is InChI=1S/C12H15N3O/c1-10(16)14-8-9-15-12-4-2-11(3-5-12)6-7-13/h2-5,15H,6,8-9H2,1H3,(H,14,16). The van der Waals surface area contributed by atoms with Gasteiger partial charge in [-0.15, -0.1) is 0 Å². The lowest BCUT2D eigenvalue weighted by Crippen LogP contribution is -2.26. The highest BCUT2D eigenvalue weighted by Gasteiger charge is 1.94. The molecule has 2 N–H and O–H groups in total. The molecule has 1 amide bonds. The summed E-state index contributed by atoms with van der Waals surface area (Å²) in [4.78, 5) is 10.6. The van der Waals surface area contributed by atoms with Crippen molar-refractivity contribution in [1.82, 2.24) is 5.32 Å². The summed E-state index contributed by atoms with van der Waals surface area (Å²) in [6.45, 7) is 2.79. The molecule has 16 heavy (non-hydrogen) atoms. The highest BCUT2D eigenvalue weighted by Crippen LogP contribution is 2.09. The number of nitriles is 1. The minimum absolute atomic E-state index is 0.0221. The van der Waals surface area contributed by atoms with Crippen LogP contribution in [0.3, 0.4) is 0 Å². The van der Waals surface area contributed by atoms with Gasteiger partial charge in [0.15, 0.2) is 0 Å². The molecular weight excluding hydrogens is 202 g/mol. The first-order valence-corrected chi connectivity index (χ1v) is 5.16. The molecule has 0 heterocycles. The van der Waals surface area contributed by atoms with E-state index in [9.17, 15) is 4.79 Å². The predicted molar refractivity (Wildman–Crippen MR) is 62.9 cm³/mol. The largest absolute Gasteiger partial charge is 0.383 e. The van der Waals surface area contributed by atoms with Crippen molar-refractivity contribution in [2.45, 2.75) is 13.3 Å². The molecule has 1 aromatic carbocycles. The normalized spacial score (nSPS) is 9.25. The number of carbonyl (C=O) groups is 1. The van der Waals surface area contributed by atoms with Crippen LogP contribution in [0.15, 0.2) is 24.3 Å². The van der Waals surface area contributed by atoms with E-state index in [1.807, 2.05) is 24.3 Å². The summed E-state index contributed by atoms with van der Waals surface area (Å²) >= 11 is 0. The predicted octanol–water partition coefficient (Wildman–Crippen LogP) is 1.30. The van der Waals surface area contributed by atoms with Crippen molar-refractivity contribution >= 4 is 11.6 Å². The first-order chi connectivity index (χ1) is 7.72. The topological polar surface area (TPSA) is 64.9 Å². The number of hydrogen-bond donors (Lipinski definition) is 2. The Hall–Kier alpha value is -2.02. The van der Waals surface area contributed by atoms with E-state index in [1.165, 1.54) is 6.92 Å². The molecule has 0 aromatic heterocycles. The number of anilines is 1. The number of benzene rings is 1. The van der Waals surface area contributed by atoms with E-state index in [0.29, 0.717) is 19.5 Å². The van der Waals surface area contributed by atoms with Gasteiger partial charge >= 0.3 is 0 Å². The number of rotatable bonds is 5. The Balaban J connectivity index is 2.32. The Kier molecular flexibility index (Phi) is 4.87. The zero-order valence-corrected chi connectivity index (χ0v) is 9.29. The van der Waals surface area contributed by atoms with E-state index < -0.39 is 0 Å². The molecule has 0 saturated heterocycles. The molecule has 1 rings (SSSR count). The van der Waals surface area contributed by atoms with Gasteiger partial charge in [0.1, 0.15) is 0 Å². The molecule has 0 saturated carbocycles. The summed E-state index contributed by atoms with van der Waals surface area (Å²) in [6.07, 6.45) is 0.437. The van der Waals surface area contributed by atoms with Crippen molar-refractivity contribution in [3.05, 3.63) is 29.8 Å². The summed E-state index contributed by atoms with van der Waals surface area (Å²) in [5.41, 5.74) is 2.00. The van der Waals surface area contributed by atoms with E-state index in [-0.39, 0.29) is 5.91 Å². The van der Waals surface area contributed by atoms with Crippen molar-refractivity contribution < 1.29 is 4.79 Å². The van der Waals surface area contributed by atoms with Crippen molar-refractivity contribution in [2.75, 3.05) is 18.4 Å². The Morgan fingerprint density at radius 3 is 2.56 bits per heavy atom. The van der Waals surface area contributed by atoms with Gasteiger partial charge < -0.3 is 10.6 Å². The lowest BCUT2D eigenvalue weighted by atomic mass is 10.1. The summed E-state index contributed by atoms with van der Waals surface area (Å²) in [6, 6.07) is 9.80. The minimum Gasteiger partial charge on any atom is -0.383 e. The Bertz CT molecular complexity index is 378. The third-order valence-corrected chi connectivity index (χ3v) is 2.07. The third kappa shape index (κ3) is 4.47. The minimum atomic E-state index is -0.0221. The number of nitrogens with zero attached hydrogens (tertiary/aromatic N) is 1. The second-order valence-corrected chi connectivity index (χ2v) is 3.44. The Morgan fingerprint density at radius 1 is 1.31 bits per heavy atom.